The molecule has 1 aliphatic rings. The first-order valence-corrected chi connectivity index (χ1v) is 5.67. The third-order valence-corrected chi connectivity index (χ3v) is 3.11. The van der Waals surface area contributed by atoms with E-state index in [2.05, 4.69) is 20.9 Å². The van der Waals surface area contributed by atoms with Crippen molar-refractivity contribution in [1.82, 2.24) is 9.55 Å². The molecule has 0 saturated heterocycles. The molecule has 16 heavy (non-hydrogen) atoms. The second-order valence-electron chi connectivity index (χ2n) is 3.51. The Labute approximate surface area is 101 Å². The molecule has 4 nitrogen and oxygen atoms in total. The van der Waals surface area contributed by atoms with Gasteiger partial charge in [-0.2, -0.15) is 0 Å². The summed E-state index contributed by atoms with van der Waals surface area (Å²) in [6.07, 6.45) is 3.69. The molecule has 0 spiro atoms. The Morgan fingerprint density at radius 1 is 1.31 bits per heavy atom. The van der Waals surface area contributed by atoms with Gasteiger partial charge in [0.15, 0.2) is 16.2 Å². The van der Waals surface area contributed by atoms with Crippen LogP contribution >= 0.6 is 15.9 Å². The molecule has 2 heterocycles. The molecular formula is C11H9BrN2O2. The lowest BCUT2D eigenvalue weighted by Crippen LogP contribution is -1.98. The van der Waals surface area contributed by atoms with Crippen molar-refractivity contribution >= 4 is 15.9 Å². The molecule has 1 aliphatic heterocycles. The van der Waals surface area contributed by atoms with Gasteiger partial charge in [-0.15, -0.1) is 0 Å². The average Bonchev–Trinajstić information content (AvgIpc) is 2.88. The zero-order valence-corrected chi connectivity index (χ0v) is 9.98. The van der Waals surface area contributed by atoms with Crippen molar-refractivity contribution in [2.75, 3.05) is 6.79 Å². The predicted octanol–water partition coefficient (Wildman–Crippen LogP) is 2.42. The van der Waals surface area contributed by atoms with Gasteiger partial charge in [-0.3, -0.25) is 0 Å². The summed E-state index contributed by atoms with van der Waals surface area (Å²) in [6, 6.07) is 5.96. The van der Waals surface area contributed by atoms with E-state index in [9.17, 15) is 0 Å². The average molecular weight is 281 g/mol. The van der Waals surface area contributed by atoms with Crippen LogP contribution in [0.1, 0.15) is 5.56 Å². The molecule has 82 valence electrons. The quantitative estimate of drug-likeness (QED) is 0.848. The summed E-state index contributed by atoms with van der Waals surface area (Å²) in [6.45, 7) is 1.07. The van der Waals surface area contributed by atoms with Gasteiger partial charge in [0.1, 0.15) is 0 Å². The maximum atomic E-state index is 5.33. The molecule has 2 aromatic rings. The number of hydrogen-bond donors (Lipinski definition) is 0. The van der Waals surface area contributed by atoms with E-state index >= 15 is 0 Å². The highest BCUT2D eigenvalue weighted by molar-refractivity contribution is 9.10. The van der Waals surface area contributed by atoms with Crippen LogP contribution in [0.5, 0.6) is 11.5 Å². The van der Waals surface area contributed by atoms with Crippen molar-refractivity contribution in [3.8, 4) is 11.5 Å². The van der Waals surface area contributed by atoms with Crippen molar-refractivity contribution in [3.63, 3.8) is 0 Å². The first-order valence-electron chi connectivity index (χ1n) is 4.88. The lowest BCUT2D eigenvalue weighted by atomic mass is 10.2. The number of rotatable bonds is 2. The maximum absolute atomic E-state index is 5.33. The van der Waals surface area contributed by atoms with Crippen LogP contribution in [0.15, 0.2) is 35.3 Å². The lowest BCUT2D eigenvalue weighted by Gasteiger charge is -2.05. The maximum Gasteiger partial charge on any atom is 0.231 e. The molecule has 3 rings (SSSR count). The highest BCUT2D eigenvalue weighted by atomic mass is 79.9. The van der Waals surface area contributed by atoms with Gasteiger partial charge in [0.25, 0.3) is 0 Å². The fourth-order valence-corrected chi connectivity index (χ4v) is 2.03. The van der Waals surface area contributed by atoms with Crippen molar-refractivity contribution in [3.05, 3.63) is 40.9 Å². The van der Waals surface area contributed by atoms with Gasteiger partial charge in [-0.25, -0.2) is 4.98 Å². The third kappa shape index (κ3) is 1.67. The van der Waals surface area contributed by atoms with Crippen molar-refractivity contribution < 1.29 is 9.47 Å². The molecule has 5 heteroatoms. The van der Waals surface area contributed by atoms with Gasteiger partial charge in [-0.05, 0) is 33.6 Å². The fraction of sp³-hybridized carbons (Fsp3) is 0.182. The van der Waals surface area contributed by atoms with E-state index in [0.717, 1.165) is 28.3 Å². The van der Waals surface area contributed by atoms with Gasteiger partial charge in [0.05, 0.1) is 0 Å². The second kappa shape index (κ2) is 3.83. The predicted molar refractivity (Wildman–Crippen MR) is 61.6 cm³/mol. The molecular weight excluding hydrogens is 272 g/mol. The van der Waals surface area contributed by atoms with E-state index in [1.807, 2.05) is 29.0 Å². The monoisotopic (exact) mass is 280 g/mol. The lowest BCUT2D eigenvalue weighted by molar-refractivity contribution is 0.174. The van der Waals surface area contributed by atoms with Crippen molar-refractivity contribution in [2.45, 2.75) is 6.54 Å². The van der Waals surface area contributed by atoms with Crippen LogP contribution in [-0.2, 0) is 6.54 Å². The van der Waals surface area contributed by atoms with Crippen LogP contribution in [0.3, 0.4) is 0 Å². The van der Waals surface area contributed by atoms with E-state index in [-0.39, 0.29) is 0 Å². The Morgan fingerprint density at radius 2 is 2.19 bits per heavy atom. The summed E-state index contributed by atoms with van der Waals surface area (Å²) < 4.78 is 13.4. The standard InChI is InChI=1S/C11H9BrN2O2/c12-11-13-3-4-14(11)6-8-1-2-9-10(5-8)16-7-15-9/h1-5H,6-7H2. The summed E-state index contributed by atoms with van der Waals surface area (Å²) in [5.74, 6) is 1.63. The van der Waals surface area contributed by atoms with E-state index in [4.69, 9.17) is 9.47 Å². The Bertz CT molecular complexity index is 524. The minimum atomic E-state index is 0.313. The number of fused-ring (bicyclic) bond motifs is 1. The van der Waals surface area contributed by atoms with E-state index in [1.54, 1.807) is 6.20 Å². The number of nitrogens with zero attached hydrogens (tertiary/aromatic N) is 2. The molecule has 0 radical (unpaired) electrons. The van der Waals surface area contributed by atoms with E-state index in [0.29, 0.717) is 6.79 Å². The molecule has 0 aliphatic carbocycles. The smallest absolute Gasteiger partial charge is 0.231 e. The molecule has 0 fully saturated rings. The van der Waals surface area contributed by atoms with Gasteiger partial charge < -0.3 is 14.0 Å². The molecule has 0 atom stereocenters. The highest BCUT2D eigenvalue weighted by Gasteiger charge is 2.13. The zero-order chi connectivity index (χ0) is 11.0. The number of halogens is 1. The first kappa shape index (κ1) is 9.72. The SMILES string of the molecule is Brc1nccn1Cc1ccc2c(c1)OCO2. The topological polar surface area (TPSA) is 36.3 Å². The number of benzene rings is 1. The third-order valence-electron chi connectivity index (χ3n) is 2.45. The van der Waals surface area contributed by atoms with Crippen molar-refractivity contribution in [2.24, 2.45) is 0 Å². The minimum Gasteiger partial charge on any atom is -0.454 e. The van der Waals surface area contributed by atoms with Crippen LogP contribution in [0.25, 0.3) is 0 Å². The van der Waals surface area contributed by atoms with Crippen LogP contribution in [-0.4, -0.2) is 16.3 Å². The van der Waals surface area contributed by atoms with E-state index < -0.39 is 0 Å². The Hall–Kier alpha value is -1.49. The summed E-state index contributed by atoms with van der Waals surface area (Å²) in [4.78, 5) is 4.11. The Morgan fingerprint density at radius 3 is 3.00 bits per heavy atom. The van der Waals surface area contributed by atoms with Crippen molar-refractivity contribution in [1.29, 1.82) is 0 Å². The summed E-state index contributed by atoms with van der Waals surface area (Å²) in [5, 5.41) is 0. The Kier molecular flexibility index (Phi) is 2.32. The molecule has 0 N–H and O–H groups in total. The minimum absolute atomic E-state index is 0.313. The van der Waals surface area contributed by atoms with Crippen LogP contribution < -0.4 is 9.47 Å². The van der Waals surface area contributed by atoms with Gasteiger partial charge in [-0.1, -0.05) is 6.07 Å². The molecule has 0 unspecified atom stereocenters. The van der Waals surface area contributed by atoms with Gasteiger partial charge in [0.2, 0.25) is 6.79 Å². The molecule has 0 saturated carbocycles. The van der Waals surface area contributed by atoms with Crippen LogP contribution in [0, 0.1) is 0 Å². The largest absolute Gasteiger partial charge is 0.454 e. The summed E-state index contributed by atoms with van der Waals surface area (Å²) in [5.41, 5.74) is 1.16. The van der Waals surface area contributed by atoms with Gasteiger partial charge in [0, 0.05) is 18.9 Å². The summed E-state index contributed by atoms with van der Waals surface area (Å²) in [7, 11) is 0. The zero-order valence-electron chi connectivity index (χ0n) is 8.39. The first-order chi connectivity index (χ1) is 7.83. The normalized spacial score (nSPS) is 13.1. The number of hydrogen-bond acceptors (Lipinski definition) is 3. The Balaban J connectivity index is 1.88. The number of ether oxygens (including phenoxy) is 2. The highest BCUT2D eigenvalue weighted by Crippen LogP contribution is 2.32. The van der Waals surface area contributed by atoms with Crippen LogP contribution in [0.4, 0.5) is 0 Å². The number of aromatic nitrogens is 2. The number of imidazole rings is 1. The fourth-order valence-electron chi connectivity index (χ4n) is 1.66. The van der Waals surface area contributed by atoms with E-state index in [1.165, 1.54) is 0 Å². The second-order valence-corrected chi connectivity index (χ2v) is 4.22. The molecule has 0 bridgehead atoms. The summed E-state index contributed by atoms with van der Waals surface area (Å²) >= 11 is 3.38. The van der Waals surface area contributed by atoms with Gasteiger partial charge >= 0.3 is 0 Å². The molecule has 0 amide bonds. The van der Waals surface area contributed by atoms with Crippen LogP contribution in [0.2, 0.25) is 0 Å². The molecule has 1 aromatic carbocycles. The molecule has 1 aromatic heterocycles.